The third kappa shape index (κ3) is 10.7. The third-order valence-electron chi connectivity index (χ3n) is 0.191. The van der Waals surface area contributed by atoms with Gasteiger partial charge in [0.1, 0.15) is 0 Å². The number of nitrogens with one attached hydrogen (secondary N) is 2. The zero-order valence-corrected chi connectivity index (χ0v) is 3.02. The molecule has 5 heteroatoms. The molecule has 0 spiro atoms. The first-order valence-electron chi connectivity index (χ1n) is 1.26. The molecule has 0 atom stereocenters. The van der Waals surface area contributed by atoms with Gasteiger partial charge in [-0.25, -0.2) is 0 Å². The summed E-state index contributed by atoms with van der Waals surface area (Å²) in [4.78, 5) is 0. The Kier molecular flexibility index (Phi) is 8.15. The SMILES string of the molecule is N#CNC(=N)N.[NaH]. The summed E-state index contributed by atoms with van der Waals surface area (Å²) >= 11 is 0. The van der Waals surface area contributed by atoms with E-state index in [1.54, 1.807) is 0 Å². The zero-order valence-electron chi connectivity index (χ0n) is 3.02. The maximum absolute atomic E-state index is 7.65. The van der Waals surface area contributed by atoms with E-state index in [-0.39, 0.29) is 35.5 Å². The van der Waals surface area contributed by atoms with Crippen LogP contribution in [0.3, 0.4) is 0 Å². The number of nitrogens with zero attached hydrogens (tertiary/aromatic N) is 1. The fourth-order valence-corrected chi connectivity index (χ4v) is 0.0602. The van der Waals surface area contributed by atoms with Crippen molar-refractivity contribution < 1.29 is 0 Å². The molecule has 0 aliphatic heterocycles. The molecule has 0 radical (unpaired) electrons. The second-order valence-electron chi connectivity index (χ2n) is 0.650. The number of nitriles is 1. The maximum atomic E-state index is 7.65. The molecule has 34 valence electrons. The molecule has 4 nitrogen and oxygen atoms in total. The Balaban J connectivity index is 0. The van der Waals surface area contributed by atoms with Gasteiger partial charge in [-0.2, -0.15) is 5.26 Å². The van der Waals surface area contributed by atoms with Crippen molar-refractivity contribution in [3.05, 3.63) is 0 Å². The van der Waals surface area contributed by atoms with Crippen molar-refractivity contribution in [3.63, 3.8) is 0 Å². The molecule has 0 aliphatic carbocycles. The Bertz CT molecular complexity index is 92.4. The molecule has 0 heterocycles. The fraction of sp³-hybridized carbons (Fsp3) is 0. The second kappa shape index (κ2) is 5.76. The van der Waals surface area contributed by atoms with Crippen molar-refractivity contribution in [1.82, 2.24) is 5.32 Å². The number of hydrogen-bond acceptors (Lipinski definition) is 2. The normalized spacial score (nSPS) is 5.00. The first-order valence-corrected chi connectivity index (χ1v) is 1.26. The van der Waals surface area contributed by atoms with Crippen LogP contribution in [0.15, 0.2) is 0 Å². The molecule has 0 fully saturated rings. The number of hydrogen-bond donors (Lipinski definition) is 3. The van der Waals surface area contributed by atoms with E-state index < -0.39 is 0 Å². The van der Waals surface area contributed by atoms with Gasteiger partial charge in [-0.3, -0.25) is 10.7 Å². The Labute approximate surface area is 63.5 Å². The van der Waals surface area contributed by atoms with Crippen LogP contribution in [0, 0.1) is 16.9 Å². The fourth-order valence-electron chi connectivity index (χ4n) is 0.0602. The van der Waals surface area contributed by atoms with Crippen molar-refractivity contribution in [1.29, 1.82) is 10.7 Å². The van der Waals surface area contributed by atoms with Crippen molar-refractivity contribution in [2.45, 2.75) is 0 Å². The van der Waals surface area contributed by atoms with Gasteiger partial charge in [0.15, 0.2) is 12.2 Å². The molecule has 0 saturated heterocycles. The Morgan fingerprint density at radius 2 is 2.29 bits per heavy atom. The average molecular weight is 108 g/mol. The van der Waals surface area contributed by atoms with Crippen molar-refractivity contribution in [2.75, 3.05) is 0 Å². The first-order chi connectivity index (χ1) is 2.77. The van der Waals surface area contributed by atoms with Crippen molar-refractivity contribution in [2.24, 2.45) is 5.73 Å². The topological polar surface area (TPSA) is 85.7 Å². The molecule has 0 aromatic rings. The van der Waals surface area contributed by atoms with Crippen LogP contribution >= 0.6 is 0 Å². The van der Waals surface area contributed by atoms with Gasteiger partial charge >= 0.3 is 29.6 Å². The summed E-state index contributed by atoms with van der Waals surface area (Å²) in [5, 5.41) is 15.9. The summed E-state index contributed by atoms with van der Waals surface area (Å²) in [6, 6.07) is 0. The van der Waals surface area contributed by atoms with E-state index in [0.717, 1.165) is 0 Å². The minimum atomic E-state index is -0.322. The molecule has 7 heavy (non-hydrogen) atoms. The number of nitrogens with two attached hydrogens (primary N) is 1. The molecule has 4 N–H and O–H groups in total. The Morgan fingerprint density at radius 1 is 1.86 bits per heavy atom. The number of rotatable bonds is 0. The predicted molar refractivity (Wildman–Crippen MR) is 27.8 cm³/mol. The van der Waals surface area contributed by atoms with Gasteiger partial charge in [0, 0.05) is 0 Å². The van der Waals surface area contributed by atoms with Crippen LogP contribution < -0.4 is 11.1 Å². The molecule has 0 unspecified atom stereocenters. The van der Waals surface area contributed by atoms with Crippen LogP contribution in [-0.2, 0) is 0 Å². The zero-order chi connectivity index (χ0) is 4.99. The van der Waals surface area contributed by atoms with Gasteiger partial charge in [-0.15, -0.1) is 0 Å². The van der Waals surface area contributed by atoms with E-state index in [2.05, 4.69) is 5.73 Å². The van der Waals surface area contributed by atoms with Crippen LogP contribution in [0.25, 0.3) is 0 Å². The van der Waals surface area contributed by atoms with Gasteiger partial charge in [0.25, 0.3) is 0 Å². The summed E-state index contributed by atoms with van der Waals surface area (Å²) in [5.74, 6) is -0.322. The van der Waals surface area contributed by atoms with E-state index in [1.807, 2.05) is 5.32 Å². The Hall–Kier alpha value is -0.240. The summed E-state index contributed by atoms with van der Waals surface area (Å²) in [6.45, 7) is 0. The quantitative estimate of drug-likeness (QED) is 0.114. The van der Waals surface area contributed by atoms with E-state index in [9.17, 15) is 0 Å². The molecular weight excluding hydrogens is 103 g/mol. The van der Waals surface area contributed by atoms with E-state index in [1.165, 1.54) is 6.19 Å². The monoisotopic (exact) mass is 108 g/mol. The molecule has 0 amide bonds. The van der Waals surface area contributed by atoms with Crippen molar-refractivity contribution in [3.8, 4) is 6.19 Å². The third-order valence-corrected chi connectivity index (χ3v) is 0.191. The summed E-state index contributed by atoms with van der Waals surface area (Å²) in [5.41, 5.74) is 4.65. The Morgan fingerprint density at radius 3 is 2.29 bits per heavy atom. The summed E-state index contributed by atoms with van der Waals surface area (Å²) in [7, 11) is 0. The molecule has 0 saturated carbocycles. The molecule has 0 bridgehead atoms. The molecule has 0 rings (SSSR count). The second-order valence-corrected chi connectivity index (χ2v) is 0.650. The van der Waals surface area contributed by atoms with E-state index in [4.69, 9.17) is 10.7 Å². The molecular formula is C2H5N4Na. The minimum absolute atomic E-state index is 0. The molecule has 0 aromatic heterocycles. The van der Waals surface area contributed by atoms with E-state index >= 15 is 0 Å². The average Bonchev–Trinajstić information content (AvgIpc) is 1.35. The van der Waals surface area contributed by atoms with Gasteiger partial charge in [-0.05, 0) is 0 Å². The van der Waals surface area contributed by atoms with Gasteiger partial charge in [-0.1, -0.05) is 0 Å². The summed E-state index contributed by atoms with van der Waals surface area (Å²) in [6.07, 6.45) is 1.47. The van der Waals surface area contributed by atoms with Crippen LogP contribution in [0.5, 0.6) is 0 Å². The van der Waals surface area contributed by atoms with Gasteiger partial charge in [0.2, 0.25) is 0 Å². The van der Waals surface area contributed by atoms with Crippen LogP contribution in [0.4, 0.5) is 0 Å². The van der Waals surface area contributed by atoms with Crippen LogP contribution in [0.2, 0.25) is 0 Å². The standard InChI is InChI=1S/C2H4N4.Na.H/c3-1-6-2(4)5;;/h(H4,4,5,6);;. The molecule has 0 aliphatic rings. The van der Waals surface area contributed by atoms with Gasteiger partial charge < -0.3 is 5.73 Å². The summed E-state index contributed by atoms with van der Waals surface area (Å²) < 4.78 is 0. The van der Waals surface area contributed by atoms with Crippen molar-refractivity contribution >= 4 is 35.5 Å². The number of guanidine groups is 1. The van der Waals surface area contributed by atoms with E-state index in [0.29, 0.717) is 0 Å². The molecule has 0 aromatic carbocycles. The van der Waals surface area contributed by atoms with Crippen LogP contribution in [-0.4, -0.2) is 35.5 Å². The first kappa shape index (κ1) is 9.90. The van der Waals surface area contributed by atoms with Gasteiger partial charge in [0.05, 0.1) is 0 Å². The van der Waals surface area contributed by atoms with Crippen LogP contribution in [0.1, 0.15) is 0 Å². The predicted octanol–water partition coefficient (Wildman–Crippen LogP) is -1.70.